The van der Waals surface area contributed by atoms with Crippen LogP contribution in [0.4, 0.5) is 5.82 Å². The van der Waals surface area contributed by atoms with Crippen molar-refractivity contribution >= 4 is 5.82 Å². The summed E-state index contributed by atoms with van der Waals surface area (Å²) in [6, 6.07) is 9.52. The highest BCUT2D eigenvalue weighted by Crippen LogP contribution is 2.23. The number of nitrogen functional groups attached to an aromatic ring is 1. The number of anilines is 1. The van der Waals surface area contributed by atoms with Crippen LogP contribution in [0.25, 0.3) is 5.69 Å². The Morgan fingerprint density at radius 3 is 2.67 bits per heavy atom. The zero-order valence-electron chi connectivity index (χ0n) is 8.77. The second kappa shape index (κ2) is 3.65. The molecule has 0 spiro atoms. The Morgan fingerprint density at radius 2 is 2.07 bits per heavy atom. The molecule has 1 aromatic carbocycles. The van der Waals surface area contributed by atoms with Crippen LogP contribution in [-0.2, 0) is 0 Å². The third kappa shape index (κ3) is 1.66. The molecule has 1 heterocycles. The smallest absolute Gasteiger partial charge is 0.146 e. The van der Waals surface area contributed by atoms with E-state index in [1.807, 2.05) is 37.3 Å². The summed E-state index contributed by atoms with van der Waals surface area (Å²) in [5, 5.41) is 4.20. The lowest BCUT2D eigenvalue weighted by Crippen LogP contribution is -2.01. The van der Waals surface area contributed by atoms with Crippen LogP contribution in [0.3, 0.4) is 0 Å². The van der Waals surface area contributed by atoms with Crippen LogP contribution in [0.5, 0.6) is 5.75 Å². The average Bonchev–Trinajstić information content (AvgIpc) is 2.57. The molecule has 0 bridgehead atoms. The molecule has 0 aliphatic rings. The van der Waals surface area contributed by atoms with E-state index < -0.39 is 0 Å². The van der Waals surface area contributed by atoms with E-state index in [4.69, 9.17) is 10.5 Å². The van der Waals surface area contributed by atoms with Crippen molar-refractivity contribution in [3.8, 4) is 11.4 Å². The van der Waals surface area contributed by atoms with Crippen molar-refractivity contribution in [1.29, 1.82) is 0 Å². The molecule has 0 unspecified atom stereocenters. The van der Waals surface area contributed by atoms with Crippen LogP contribution in [0.2, 0.25) is 0 Å². The molecule has 0 saturated heterocycles. The second-order valence-electron chi connectivity index (χ2n) is 3.29. The predicted octanol–water partition coefficient (Wildman–Crippen LogP) is 1.77. The third-order valence-corrected chi connectivity index (χ3v) is 2.22. The molecule has 2 rings (SSSR count). The summed E-state index contributed by atoms with van der Waals surface area (Å²) >= 11 is 0. The maximum Gasteiger partial charge on any atom is 0.146 e. The minimum Gasteiger partial charge on any atom is -0.494 e. The molecule has 1 aromatic heterocycles. The first-order valence-corrected chi connectivity index (χ1v) is 4.68. The Labute approximate surface area is 88.3 Å². The summed E-state index contributed by atoms with van der Waals surface area (Å²) in [6.07, 6.45) is 0. The molecule has 2 aromatic rings. The minimum absolute atomic E-state index is 0.512. The number of hydrogen-bond donors (Lipinski definition) is 1. The van der Waals surface area contributed by atoms with E-state index in [0.29, 0.717) is 5.82 Å². The number of aromatic nitrogens is 2. The average molecular weight is 203 g/mol. The standard InChI is InChI=1S/C11H13N3O/c1-8-7-11(12)13-14(8)9-5-3-4-6-10(9)15-2/h3-7H,1-2H3,(H2,12,13). The predicted molar refractivity (Wildman–Crippen MR) is 59.3 cm³/mol. The molecule has 4 heteroatoms. The fourth-order valence-electron chi connectivity index (χ4n) is 1.55. The highest BCUT2D eigenvalue weighted by Gasteiger charge is 2.08. The van der Waals surface area contributed by atoms with Gasteiger partial charge in [0.15, 0.2) is 0 Å². The summed E-state index contributed by atoms with van der Waals surface area (Å²) in [4.78, 5) is 0. The summed E-state index contributed by atoms with van der Waals surface area (Å²) < 4.78 is 7.03. The largest absolute Gasteiger partial charge is 0.494 e. The van der Waals surface area contributed by atoms with E-state index in [0.717, 1.165) is 17.1 Å². The van der Waals surface area contributed by atoms with E-state index in [1.54, 1.807) is 11.8 Å². The van der Waals surface area contributed by atoms with Crippen molar-refractivity contribution in [3.63, 3.8) is 0 Å². The van der Waals surface area contributed by atoms with Gasteiger partial charge in [0.25, 0.3) is 0 Å². The molecule has 15 heavy (non-hydrogen) atoms. The van der Waals surface area contributed by atoms with E-state index >= 15 is 0 Å². The maximum atomic E-state index is 5.64. The lowest BCUT2D eigenvalue weighted by Gasteiger charge is -2.09. The Hall–Kier alpha value is -1.97. The number of para-hydroxylation sites is 2. The van der Waals surface area contributed by atoms with Crippen LogP contribution in [0.1, 0.15) is 5.69 Å². The minimum atomic E-state index is 0.512. The third-order valence-electron chi connectivity index (χ3n) is 2.22. The SMILES string of the molecule is COc1ccccc1-n1nc(N)cc1C. The zero-order valence-corrected chi connectivity index (χ0v) is 8.77. The van der Waals surface area contributed by atoms with Gasteiger partial charge in [-0.25, -0.2) is 4.68 Å². The van der Waals surface area contributed by atoms with Gasteiger partial charge in [0, 0.05) is 11.8 Å². The molecule has 0 radical (unpaired) electrons. The number of benzene rings is 1. The van der Waals surface area contributed by atoms with Gasteiger partial charge in [-0.2, -0.15) is 5.10 Å². The van der Waals surface area contributed by atoms with Crippen LogP contribution in [0, 0.1) is 6.92 Å². The summed E-state index contributed by atoms with van der Waals surface area (Å²) in [6.45, 7) is 1.95. The molecule has 0 saturated carbocycles. The number of aryl methyl sites for hydroxylation is 1. The molecule has 78 valence electrons. The summed E-state index contributed by atoms with van der Waals surface area (Å²) in [7, 11) is 1.64. The van der Waals surface area contributed by atoms with Crippen molar-refractivity contribution in [2.24, 2.45) is 0 Å². The highest BCUT2D eigenvalue weighted by atomic mass is 16.5. The Balaban J connectivity index is 2.58. The maximum absolute atomic E-state index is 5.64. The lowest BCUT2D eigenvalue weighted by atomic mass is 10.3. The normalized spacial score (nSPS) is 10.3. The van der Waals surface area contributed by atoms with Crippen molar-refractivity contribution in [3.05, 3.63) is 36.0 Å². The number of nitrogens with two attached hydrogens (primary N) is 1. The number of ether oxygens (including phenoxy) is 1. The fourth-order valence-corrected chi connectivity index (χ4v) is 1.55. The molecular weight excluding hydrogens is 190 g/mol. The van der Waals surface area contributed by atoms with Crippen LogP contribution in [-0.4, -0.2) is 16.9 Å². The Morgan fingerprint density at radius 1 is 1.33 bits per heavy atom. The van der Waals surface area contributed by atoms with Crippen molar-refractivity contribution in [1.82, 2.24) is 9.78 Å². The van der Waals surface area contributed by atoms with Gasteiger partial charge < -0.3 is 10.5 Å². The van der Waals surface area contributed by atoms with Gasteiger partial charge in [0.2, 0.25) is 0 Å². The van der Waals surface area contributed by atoms with Gasteiger partial charge in [-0.1, -0.05) is 12.1 Å². The van der Waals surface area contributed by atoms with Gasteiger partial charge in [0.1, 0.15) is 17.3 Å². The second-order valence-corrected chi connectivity index (χ2v) is 3.29. The monoisotopic (exact) mass is 203 g/mol. The van der Waals surface area contributed by atoms with E-state index in [9.17, 15) is 0 Å². The van der Waals surface area contributed by atoms with Gasteiger partial charge in [0.05, 0.1) is 7.11 Å². The van der Waals surface area contributed by atoms with Crippen molar-refractivity contribution in [2.75, 3.05) is 12.8 Å². The van der Waals surface area contributed by atoms with Crippen LogP contribution in [0.15, 0.2) is 30.3 Å². The van der Waals surface area contributed by atoms with Crippen molar-refractivity contribution in [2.45, 2.75) is 6.92 Å². The topological polar surface area (TPSA) is 53.1 Å². The number of methoxy groups -OCH3 is 1. The first kappa shape index (κ1) is 9.58. The number of hydrogen-bond acceptors (Lipinski definition) is 3. The number of rotatable bonds is 2. The summed E-state index contributed by atoms with van der Waals surface area (Å²) in [5.74, 6) is 1.29. The Kier molecular flexibility index (Phi) is 2.33. The quantitative estimate of drug-likeness (QED) is 0.809. The molecule has 0 fully saturated rings. The van der Waals surface area contributed by atoms with E-state index in [1.165, 1.54) is 0 Å². The molecular formula is C11H13N3O. The van der Waals surface area contributed by atoms with E-state index in [-0.39, 0.29) is 0 Å². The van der Waals surface area contributed by atoms with Gasteiger partial charge in [-0.15, -0.1) is 0 Å². The first-order valence-electron chi connectivity index (χ1n) is 4.68. The lowest BCUT2D eigenvalue weighted by molar-refractivity contribution is 0.411. The molecule has 4 nitrogen and oxygen atoms in total. The molecule has 0 atom stereocenters. The fraction of sp³-hybridized carbons (Fsp3) is 0.182. The van der Waals surface area contributed by atoms with E-state index in [2.05, 4.69) is 5.10 Å². The highest BCUT2D eigenvalue weighted by molar-refractivity contribution is 5.48. The van der Waals surface area contributed by atoms with Crippen LogP contribution >= 0.6 is 0 Å². The van der Waals surface area contributed by atoms with Gasteiger partial charge in [-0.05, 0) is 19.1 Å². The Bertz CT molecular complexity index is 476. The molecule has 0 aliphatic carbocycles. The first-order chi connectivity index (χ1) is 7.22. The molecule has 0 aliphatic heterocycles. The molecule has 2 N–H and O–H groups in total. The summed E-state index contributed by atoms with van der Waals surface area (Å²) in [5.41, 5.74) is 7.52. The van der Waals surface area contributed by atoms with Gasteiger partial charge in [-0.3, -0.25) is 0 Å². The van der Waals surface area contributed by atoms with Gasteiger partial charge >= 0.3 is 0 Å². The van der Waals surface area contributed by atoms with Crippen LogP contribution < -0.4 is 10.5 Å². The van der Waals surface area contributed by atoms with Crippen molar-refractivity contribution < 1.29 is 4.74 Å². The zero-order chi connectivity index (χ0) is 10.8. The molecule has 0 amide bonds. The number of nitrogens with zero attached hydrogens (tertiary/aromatic N) is 2.